The second-order valence-electron chi connectivity index (χ2n) is 3.32. The summed E-state index contributed by atoms with van der Waals surface area (Å²) in [6, 6.07) is 7.46. The van der Waals surface area contributed by atoms with Crippen molar-refractivity contribution in [1.82, 2.24) is 5.32 Å². The van der Waals surface area contributed by atoms with Gasteiger partial charge in [-0.2, -0.15) is 0 Å². The normalized spacial score (nSPS) is 9.93. The molecule has 0 aromatic heterocycles. The third-order valence-corrected chi connectivity index (χ3v) is 2.05. The van der Waals surface area contributed by atoms with Crippen molar-refractivity contribution in [3.8, 4) is 0 Å². The van der Waals surface area contributed by atoms with Crippen LogP contribution >= 0.6 is 0 Å². The van der Waals surface area contributed by atoms with E-state index in [4.69, 9.17) is 10.8 Å². The molecule has 1 rings (SSSR count). The van der Waals surface area contributed by atoms with Crippen LogP contribution in [-0.4, -0.2) is 24.2 Å². The lowest BCUT2D eigenvalue weighted by molar-refractivity contribution is -0.121. The van der Waals surface area contributed by atoms with Gasteiger partial charge in [-0.25, -0.2) is 0 Å². The van der Waals surface area contributed by atoms with Crippen molar-refractivity contribution < 1.29 is 9.90 Å². The van der Waals surface area contributed by atoms with E-state index in [1.807, 2.05) is 24.3 Å². The van der Waals surface area contributed by atoms with E-state index in [1.54, 1.807) is 0 Å². The molecule has 0 fully saturated rings. The van der Waals surface area contributed by atoms with Crippen LogP contribution in [0, 0.1) is 0 Å². The van der Waals surface area contributed by atoms with Crippen molar-refractivity contribution in [1.29, 1.82) is 0 Å². The van der Waals surface area contributed by atoms with Gasteiger partial charge in [0.25, 0.3) is 0 Å². The molecule has 15 heavy (non-hydrogen) atoms. The Morgan fingerprint density at radius 3 is 2.60 bits per heavy atom. The number of nitrogen functional groups attached to an aromatic ring is 1. The van der Waals surface area contributed by atoms with Crippen molar-refractivity contribution in [2.75, 3.05) is 18.9 Å². The molecule has 1 aromatic carbocycles. The van der Waals surface area contributed by atoms with E-state index in [9.17, 15) is 4.79 Å². The Morgan fingerprint density at radius 1 is 1.33 bits per heavy atom. The fourth-order valence-corrected chi connectivity index (χ4v) is 1.23. The van der Waals surface area contributed by atoms with Gasteiger partial charge in [0.2, 0.25) is 5.91 Å². The molecular weight excluding hydrogens is 192 g/mol. The summed E-state index contributed by atoms with van der Waals surface area (Å²) in [5, 5.41) is 11.1. The molecule has 0 saturated carbocycles. The first-order valence-electron chi connectivity index (χ1n) is 4.94. The number of aryl methyl sites for hydroxylation is 1. The van der Waals surface area contributed by atoms with E-state index in [2.05, 4.69) is 5.32 Å². The predicted octanol–water partition coefficient (Wildman–Crippen LogP) is 0.310. The van der Waals surface area contributed by atoms with Crippen molar-refractivity contribution in [3.63, 3.8) is 0 Å². The van der Waals surface area contributed by atoms with Crippen LogP contribution in [0.25, 0.3) is 0 Å². The van der Waals surface area contributed by atoms with Gasteiger partial charge in [-0.05, 0) is 24.1 Å². The molecule has 4 nitrogen and oxygen atoms in total. The standard InChI is InChI=1S/C11H16N2O2/c12-10-4-1-9(2-5-10)3-6-11(15)13-7-8-14/h1-2,4-5,14H,3,6-8,12H2,(H,13,15). The van der Waals surface area contributed by atoms with Crippen molar-refractivity contribution >= 4 is 11.6 Å². The first-order valence-corrected chi connectivity index (χ1v) is 4.94. The summed E-state index contributed by atoms with van der Waals surface area (Å²) >= 11 is 0. The fourth-order valence-electron chi connectivity index (χ4n) is 1.23. The number of carbonyl (C=O) groups is 1. The van der Waals surface area contributed by atoms with Crippen LogP contribution in [-0.2, 0) is 11.2 Å². The van der Waals surface area contributed by atoms with Gasteiger partial charge in [-0.1, -0.05) is 12.1 Å². The Hall–Kier alpha value is -1.55. The summed E-state index contributed by atoms with van der Waals surface area (Å²) in [6.45, 7) is 0.300. The first-order chi connectivity index (χ1) is 7.22. The zero-order valence-electron chi connectivity index (χ0n) is 8.57. The zero-order chi connectivity index (χ0) is 11.1. The minimum atomic E-state index is -0.0409. The second kappa shape index (κ2) is 6.03. The summed E-state index contributed by atoms with van der Waals surface area (Å²) in [4.78, 5) is 11.2. The second-order valence-corrected chi connectivity index (χ2v) is 3.32. The lowest BCUT2D eigenvalue weighted by Gasteiger charge is -2.03. The summed E-state index contributed by atoms with van der Waals surface area (Å²) < 4.78 is 0. The molecule has 0 atom stereocenters. The van der Waals surface area contributed by atoms with Gasteiger partial charge >= 0.3 is 0 Å². The number of carbonyl (C=O) groups excluding carboxylic acids is 1. The molecule has 0 radical (unpaired) electrons. The highest BCUT2D eigenvalue weighted by Crippen LogP contribution is 2.07. The Balaban J connectivity index is 2.30. The van der Waals surface area contributed by atoms with Gasteiger partial charge < -0.3 is 16.2 Å². The van der Waals surface area contributed by atoms with E-state index < -0.39 is 0 Å². The quantitative estimate of drug-likeness (QED) is 0.610. The summed E-state index contributed by atoms with van der Waals surface area (Å²) in [7, 11) is 0. The number of amides is 1. The number of nitrogens with one attached hydrogen (secondary N) is 1. The van der Waals surface area contributed by atoms with Gasteiger partial charge in [0.05, 0.1) is 6.61 Å². The highest BCUT2D eigenvalue weighted by molar-refractivity contribution is 5.76. The predicted molar refractivity (Wildman–Crippen MR) is 59.3 cm³/mol. The minimum Gasteiger partial charge on any atom is -0.399 e. The monoisotopic (exact) mass is 208 g/mol. The molecule has 0 bridgehead atoms. The number of hydrogen-bond acceptors (Lipinski definition) is 3. The topological polar surface area (TPSA) is 75.4 Å². The van der Waals surface area contributed by atoms with Gasteiger partial charge in [0.1, 0.15) is 0 Å². The minimum absolute atomic E-state index is 0.0202. The lowest BCUT2D eigenvalue weighted by atomic mass is 10.1. The number of anilines is 1. The Kier molecular flexibility index (Phi) is 4.63. The largest absolute Gasteiger partial charge is 0.399 e. The van der Waals surface area contributed by atoms with Crippen LogP contribution in [0.3, 0.4) is 0 Å². The Morgan fingerprint density at radius 2 is 2.00 bits per heavy atom. The molecule has 0 unspecified atom stereocenters. The SMILES string of the molecule is Nc1ccc(CCC(=O)NCCO)cc1. The highest BCUT2D eigenvalue weighted by Gasteiger charge is 2.00. The Bertz CT molecular complexity index is 309. The molecule has 4 heteroatoms. The third kappa shape index (κ3) is 4.46. The molecule has 0 aliphatic rings. The van der Waals surface area contributed by atoms with Gasteiger partial charge in [-0.15, -0.1) is 0 Å². The number of aliphatic hydroxyl groups excluding tert-OH is 1. The number of benzene rings is 1. The van der Waals surface area contributed by atoms with Crippen molar-refractivity contribution in [2.45, 2.75) is 12.8 Å². The molecule has 1 amide bonds. The number of hydrogen-bond donors (Lipinski definition) is 3. The Labute approximate surface area is 89.1 Å². The summed E-state index contributed by atoms with van der Waals surface area (Å²) in [5.74, 6) is -0.0409. The lowest BCUT2D eigenvalue weighted by Crippen LogP contribution is -2.26. The van der Waals surface area contributed by atoms with Crippen LogP contribution in [0.2, 0.25) is 0 Å². The van der Waals surface area contributed by atoms with Gasteiger partial charge in [0.15, 0.2) is 0 Å². The smallest absolute Gasteiger partial charge is 0.220 e. The maximum absolute atomic E-state index is 11.2. The molecule has 82 valence electrons. The fraction of sp³-hybridized carbons (Fsp3) is 0.364. The molecule has 0 aliphatic carbocycles. The van der Waals surface area contributed by atoms with Gasteiger partial charge in [-0.3, -0.25) is 4.79 Å². The molecule has 0 spiro atoms. The van der Waals surface area contributed by atoms with Crippen LogP contribution in [0.15, 0.2) is 24.3 Å². The van der Waals surface area contributed by atoms with E-state index in [1.165, 1.54) is 0 Å². The maximum atomic E-state index is 11.2. The summed E-state index contributed by atoms with van der Waals surface area (Å²) in [5.41, 5.74) is 7.35. The molecule has 1 aromatic rings. The highest BCUT2D eigenvalue weighted by atomic mass is 16.3. The van der Waals surface area contributed by atoms with E-state index >= 15 is 0 Å². The first kappa shape index (κ1) is 11.5. The van der Waals surface area contributed by atoms with Crippen molar-refractivity contribution in [2.24, 2.45) is 0 Å². The van der Waals surface area contributed by atoms with Crippen LogP contribution in [0.4, 0.5) is 5.69 Å². The maximum Gasteiger partial charge on any atom is 0.220 e. The molecule has 0 saturated heterocycles. The molecular formula is C11H16N2O2. The van der Waals surface area contributed by atoms with E-state index in [-0.39, 0.29) is 12.5 Å². The van der Waals surface area contributed by atoms with Gasteiger partial charge in [0, 0.05) is 18.7 Å². The van der Waals surface area contributed by atoms with Crippen LogP contribution in [0.1, 0.15) is 12.0 Å². The van der Waals surface area contributed by atoms with E-state index in [0.29, 0.717) is 19.4 Å². The van der Waals surface area contributed by atoms with Crippen LogP contribution < -0.4 is 11.1 Å². The number of aliphatic hydroxyl groups is 1. The average Bonchev–Trinajstić information content (AvgIpc) is 2.25. The van der Waals surface area contributed by atoms with Crippen molar-refractivity contribution in [3.05, 3.63) is 29.8 Å². The third-order valence-electron chi connectivity index (χ3n) is 2.05. The molecule has 0 aliphatic heterocycles. The average molecular weight is 208 g/mol. The summed E-state index contributed by atoms with van der Waals surface area (Å²) in [6.07, 6.45) is 1.13. The molecule has 4 N–H and O–H groups in total. The van der Waals surface area contributed by atoms with Crippen LogP contribution in [0.5, 0.6) is 0 Å². The zero-order valence-corrected chi connectivity index (χ0v) is 8.57. The van der Waals surface area contributed by atoms with E-state index in [0.717, 1.165) is 11.3 Å². The molecule has 0 heterocycles. The number of nitrogens with two attached hydrogens (primary N) is 1. The number of rotatable bonds is 5.